The number of likely N-dealkylation sites (tertiary alicyclic amines) is 1. The maximum Gasteiger partial charge on any atom is 0.193 e. The van der Waals surface area contributed by atoms with Crippen molar-refractivity contribution < 1.29 is 9.52 Å². The van der Waals surface area contributed by atoms with Crippen LogP contribution in [-0.4, -0.2) is 29.7 Å². The molecule has 96 valence electrons. The minimum Gasteiger partial charge on any atom is -0.448 e. The topological polar surface area (TPSA) is 36.6 Å². The normalized spacial score (nSPS) is 20.6. The quantitative estimate of drug-likeness (QED) is 0.901. The molecule has 1 fully saturated rings. The summed E-state index contributed by atoms with van der Waals surface area (Å²) in [7, 11) is 0. The number of hydrogen-bond acceptors (Lipinski definition) is 3. The molecule has 0 radical (unpaired) electrons. The summed E-state index contributed by atoms with van der Waals surface area (Å²) in [6, 6.07) is 3.72. The van der Waals surface area contributed by atoms with Crippen LogP contribution in [0.5, 0.6) is 0 Å². The van der Waals surface area contributed by atoms with Gasteiger partial charge in [0.15, 0.2) is 5.22 Å². The molecule has 0 spiro atoms. The van der Waals surface area contributed by atoms with Gasteiger partial charge in [0.2, 0.25) is 0 Å². The predicted molar refractivity (Wildman–Crippen MR) is 68.0 cm³/mol. The Morgan fingerprint density at radius 1 is 1.47 bits per heavy atom. The van der Waals surface area contributed by atoms with Crippen LogP contribution in [0.25, 0.3) is 0 Å². The van der Waals surface area contributed by atoms with Crippen molar-refractivity contribution in [2.75, 3.05) is 19.7 Å². The van der Waals surface area contributed by atoms with Crippen LogP contribution in [0.4, 0.5) is 0 Å². The molecule has 2 rings (SSSR count). The molecule has 17 heavy (non-hydrogen) atoms. The Labute approximate surface area is 107 Å². The van der Waals surface area contributed by atoms with Crippen LogP contribution in [0, 0.1) is 11.8 Å². The van der Waals surface area contributed by atoms with Crippen molar-refractivity contribution >= 4 is 11.6 Å². The Balaban J connectivity index is 1.79. The van der Waals surface area contributed by atoms with Gasteiger partial charge in [0.05, 0.1) is 6.54 Å². The molecule has 0 unspecified atom stereocenters. The van der Waals surface area contributed by atoms with Gasteiger partial charge in [0.25, 0.3) is 0 Å². The Hall–Kier alpha value is -0.510. The van der Waals surface area contributed by atoms with Gasteiger partial charge in [-0.15, -0.1) is 0 Å². The zero-order valence-electron chi connectivity index (χ0n) is 10.2. The lowest BCUT2D eigenvalue weighted by atomic mass is 9.86. The summed E-state index contributed by atoms with van der Waals surface area (Å²) in [5, 5.41) is 9.61. The number of aliphatic hydroxyl groups excluding tert-OH is 1. The first kappa shape index (κ1) is 12.9. The average Bonchev–Trinajstić information content (AvgIpc) is 2.75. The van der Waals surface area contributed by atoms with E-state index in [1.165, 1.54) is 0 Å². The van der Waals surface area contributed by atoms with Crippen molar-refractivity contribution in [1.29, 1.82) is 0 Å². The fraction of sp³-hybridized carbons (Fsp3) is 0.692. The van der Waals surface area contributed by atoms with Gasteiger partial charge in [0.1, 0.15) is 5.76 Å². The van der Waals surface area contributed by atoms with Crippen molar-refractivity contribution in [2.24, 2.45) is 11.8 Å². The van der Waals surface area contributed by atoms with E-state index in [9.17, 15) is 0 Å². The summed E-state index contributed by atoms with van der Waals surface area (Å²) in [4.78, 5) is 2.38. The summed E-state index contributed by atoms with van der Waals surface area (Å²) in [6.45, 7) is 5.43. The highest BCUT2D eigenvalue weighted by Crippen LogP contribution is 2.26. The van der Waals surface area contributed by atoms with Gasteiger partial charge in [-0.25, -0.2) is 0 Å². The predicted octanol–water partition coefficient (Wildman–Crippen LogP) is 2.77. The SMILES string of the molecule is C[C@H](CO)C1CCN(Cc2ccc(Cl)o2)CC1. The minimum atomic E-state index is 0.304. The molecule has 4 heteroatoms. The Bertz CT molecular complexity index is 345. The zero-order valence-corrected chi connectivity index (χ0v) is 11.0. The van der Waals surface area contributed by atoms with Crippen molar-refractivity contribution in [2.45, 2.75) is 26.3 Å². The monoisotopic (exact) mass is 257 g/mol. The number of aliphatic hydroxyl groups is 1. The van der Waals surface area contributed by atoms with E-state index in [4.69, 9.17) is 21.1 Å². The van der Waals surface area contributed by atoms with E-state index in [1.807, 2.05) is 6.07 Å². The third kappa shape index (κ3) is 3.47. The van der Waals surface area contributed by atoms with Crippen LogP contribution < -0.4 is 0 Å². The van der Waals surface area contributed by atoms with E-state index in [2.05, 4.69) is 11.8 Å². The molecule has 1 saturated heterocycles. The molecule has 0 aromatic carbocycles. The summed E-state index contributed by atoms with van der Waals surface area (Å²) in [5.41, 5.74) is 0. The first-order chi connectivity index (χ1) is 8.19. The van der Waals surface area contributed by atoms with Gasteiger partial charge in [-0.1, -0.05) is 6.92 Å². The maximum absolute atomic E-state index is 9.15. The largest absolute Gasteiger partial charge is 0.448 e. The van der Waals surface area contributed by atoms with E-state index in [1.54, 1.807) is 6.07 Å². The standard InChI is InChI=1S/C13H20ClNO2/c1-10(9-16)11-4-6-15(7-5-11)8-12-2-3-13(14)17-12/h2-3,10-11,16H,4-9H2,1H3/t10-/m1/s1. The first-order valence-electron chi connectivity index (χ1n) is 6.26. The second-order valence-corrected chi connectivity index (χ2v) is 5.35. The molecule has 1 atom stereocenters. The van der Waals surface area contributed by atoms with E-state index in [0.29, 0.717) is 23.7 Å². The van der Waals surface area contributed by atoms with Crippen molar-refractivity contribution in [3.8, 4) is 0 Å². The van der Waals surface area contributed by atoms with Crippen LogP contribution in [-0.2, 0) is 6.54 Å². The number of halogens is 1. The molecule has 1 aliphatic heterocycles. The summed E-state index contributed by atoms with van der Waals surface area (Å²) >= 11 is 5.75. The molecule has 1 aromatic rings. The summed E-state index contributed by atoms with van der Waals surface area (Å²) < 4.78 is 5.37. The fourth-order valence-electron chi connectivity index (χ4n) is 2.49. The maximum atomic E-state index is 9.15. The van der Waals surface area contributed by atoms with Crippen molar-refractivity contribution in [3.05, 3.63) is 23.1 Å². The van der Waals surface area contributed by atoms with Gasteiger partial charge in [-0.05, 0) is 61.5 Å². The van der Waals surface area contributed by atoms with E-state index in [-0.39, 0.29) is 0 Å². The average molecular weight is 258 g/mol. The van der Waals surface area contributed by atoms with Crippen LogP contribution in [0.1, 0.15) is 25.5 Å². The molecule has 3 nitrogen and oxygen atoms in total. The van der Waals surface area contributed by atoms with Gasteiger partial charge in [-0.3, -0.25) is 4.90 Å². The van der Waals surface area contributed by atoms with Gasteiger partial charge in [-0.2, -0.15) is 0 Å². The Morgan fingerprint density at radius 3 is 2.71 bits per heavy atom. The van der Waals surface area contributed by atoms with Gasteiger partial charge >= 0.3 is 0 Å². The summed E-state index contributed by atoms with van der Waals surface area (Å²) in [6.07, 6.45) is 2.33. The van der Waals surface area contributed by atoms with Crippen LogP contribution in [0.15, 0.2) is 16.5 Å². The number of rotatable bonds is 4. The molecule has 0 saturated carbocycles. The molecule has 1 aliphatic rings. The molecule has 0 bridgehead atoms. The fourth-order valence-corrected chi connectivity index (χ4v) is 2.65. The Kier molecular flexibility index (Phi) is 4.48. The third-order valence-electron chi connectivity index (χ3n) is 3.73. The minimum absolute atomic E-state index is 0.304. The van der Waals surface area contributed by atoms with Crippen LogP contribution in [0.3, 0.4) is 0 Å². The molecule has 1 N–H and O–H groups in total. The molecule has 2 heterocycles. The van der Waals surface area contributed by atoms with Gasteiger partial charge in [0, 0.05) is 6.61 Å². The molecule has 1 aromatic heterocycles. The third-order valence-corrected chi connectivity index (χ3v) is 3.94. The highest BCUT2D eigenvalue weighted by Gasteiger charge is 2.23. The smallest absolute Gasteiger partial charge is 0.193 e. The Morgan fingerprint density at radius 2 is 2.18 bits per heavy atom. The van der Waals surface area contributed by atoms with Crippen LogP contribution in [0.2, 0.25) is 5.22 Å². The van der Waals surface area contributed by atoms with Crippen LogP contribution >= 0.6 is 11.6 Å². The highest BCUT2D eigenvalue weighted by atomic mass is 35.5. The number of furan rings is 1. The lowest BCUT2D eigenvalue weighted by molar-refractivity contribution is 0.108. The number of nitrogens with zero attached hydrogens (tertiary/aromatic N) is 1. The lowest BCUT2D eigenvalue weighted by Crippen LogP contribution is -2.35. The molecular weight excluding hydrogens is 238 g/mol. The first-order valence-corrected chi connectivity index (χ1v) is 6.64. The molecule has 0 amide bonds. The number of hydrogen-bond donors (Lipinski definition) is 1. The van der Waals surface area contributed by atoms with Crippen molar-refractivity contribution in [3.63, 3.8) is 0 Å². The summed E-state index contributed by atoms with van der Waals surface area (Å²) in [5.74, 6) is 2.02. The van der Waals surface area contributed by atoms with E-state index < -0.39 is 0 Å². The molecule has 0 aliphatic carbocycles. The van der Waals surface area contributed by atoms with Gasteiger partial charge < -0.3 is 9.52 Å². The number of piperidine rings is 1. The highest BCUT2D eigenvalue weighted by molar-refractivity contribution is 6.28. The van der Waals surface area contributed by atoms with Crippen molar-refractivity contribution in [1.82, 2.24) is 4.90 Å². The molecular formula is C13H20ClNO2. The van der Waals surface area contributed by atoms with E-state index in [0.717, 1.165) is 38.2 Å². The van der Waals surface area contributed by atoms with E-state index >= 15 is 0 Å². The lowest BCUT2D eigenvalue weighted by Gasteiger charge is -2.33. The zero-order chi connectivity index (χ0) is 12.3. The second kappa shape index (κ2) is 5.89. The second-order valence-electron chi connectivity index (χ2n) is 4.98.